The zero-order chi connectivity index (χ0) is 11.7. The van der Waals surface area contributed by atoms with E-state index < -0.39 is 0 Å². The van der Waals surface area contributed by atoms with Gasteiger partial charge in [-0.05, 0) is 48.8 Å². The molecule has 0 heterocycles. The number of allylic oxidation sites excluding steroid dienone is 1. The smallest absolute Gasteiger partial charge is 0.0351 e. The third-order valence-corrected chi connectivity index (χ3v) is 4.27. The van der Waals surface area contributed by atoms with E-state index in [9.17, 15) is 0 Å². The highest BCUT2D eigenvalue weighted by molar-refractivity contribution is 5.71. The molecule has 1 fully saturated rings. The first-order chi connectivity index (χ1) is 8.38. The van der Waals surface area contributed by atoms with E-state index in [1.54, 1.807) is 5.57 Å². The number of nitrogens with one attached hydrogen (secondary N) is 1. The van der Waals surface area contributed by atoms with Gasteiger partial charge in [0.25, 0.3) is 0 Å². The summed E-state index contributed by atoms with van der Waals surface area (Å²) in [7, 11) is 0. The summed E-state index contributed by atoms with van der Waals surface area (Å²) in [5, 5.41) is 3.69. The zero-order valence-corrected chi connectivity index (χ0v) is 10.5. The average Bonchev–Trinajstić information content (AvgIpc) is 2.77. The fraction of sp³-hybridized carbons (Fsp3) is 0.500. The lowest BCUT2D eigenvalue weighted by Gasteiger charge is -2.31. The van der Waals surface area contributed by atoms with Gasteiger partial charge in [0.2, 0.25) is 0 Å². The van der Waals surface area contributed by atoms with Crippen molar-refractivity contribution in [3.63, 3.8) is 0 Å². The lowest BCUT2D eigenvalue weighted by Crippen LogP contribution is -2.37. The molecular weight excluding hydrogens is 206 g/mol. The van der Waals surface area contributed by atoms with Crippen LogP contribution < -0.4 is 5.32 Å². The van der Waals surface area contributed by atoms with Crippen LogP contribution in [0.3, 0.4) is 0 Å². The quantitative estimate of drug-likeness (QED) is 0.833. The van der Waals surface area contributed by atoms with Crippen LogP contribution in [-0.2, 0) is 0 Å². The molecule has 2 aliphatic carbocycles. The van der Waals surface area contributed by atoms with Crippen molar-refractivity contribution in [2.75, 3.05) is 6.54 Å². The van der Waals surface area contributed by atoms with E-state index in [-0.39, 0.29) is 0 Å². The molecule has 1 nitrogen and oxygen atoms in total. The molecule has 1 aromatic rings. The third kappa shape index (κ3) is 2.04. The zero-order valence-electron chi connectivity index (χ0n) is 10.5. The van der Waals surface area contributed by atoms with Gasteiger partial charge in [-0.1, -0.05) is 43.3 Å². The van der Waals surface area contributed by atoms with Crippen molar-refractivity contribution in [1.29, 1.82) is 0 Å². The summed E-state index contributed by atoms with van der Waals surface area (Å²) >= 11 is 0. The molecule has 2 aliphatic rings. The first kappa shape index (κ1) is 11.0. The number of hydrogen-bond acceptors (Lipinski definition) is 1. The monoisotopic (exact) mass is 227 g/mol. The van der Waals surface area contributed by atoms with Crippen LogP contribution in [0.2, 0.25) is 0 Å². The molecule has 0 radical (unpaired) electrons. The van der Waals surface area contributed by atoms with Crippen LogP contribution in [0.5, 0.6) is 0 Å². The van der Waals surface area contributed by atoms with E-state index in [0.717, 1.165) is 18.4 Å². The van der Waals surface area contributed by atoms with E-state index >= 15 is 0 Å². The number of fused-ring (bicyclic) bond motifs is 2. The first-order valence-electron chi connectivity index (χ1n) is 6.89. The van der Waals surface area contributed by atoms with E-state index in [4.69, 9.17) is 0 Å². The van der Waals surface area contributed by atoms with Gasteiger partial charge in [0.15, 0.2) is 0 Å². The van der Waals surface area contributed by atoms with Crippen molar-refractivity contribution in [2.24, 2.45) is 11.8 Å². The number of hydrogen-bond donors (Lipinski definition) is 1. The van der Waals surface area contributed by atoms with Gasteiger partial charge in [0.05, 0.1) is 0 Å². The van der Waals surface area contributed by atoms with Gasteiger partial charge in [-0.3, -0.25) is 0 Å². The summed E-state index contributed by atoms with van der Waals surface area (Å²) in [6.45, 7) is 3.28. The van der Waals surface area contributed by atoms with Crippen molar-refractivity contribution in [2.45, 2.75) is 32.2 Å². The molecule has 3 rings (SSSR count). The second-order valence-electron chi connectivity index (χ2n) is 5.36. The van der Waals surface area contributed by atoms with Crippen LogP contribution in [0.15, 0.2) is 36.4 Å². The van der Waals surface area contributed by atoms with Crippen molar-refractivity contribution in [3.05, 3.63) is 42.0 Å². The summed E-state index contributed by atoms with van der Waals surface area (Å²) < 4.78 is 0. The first-order valence-corrected chi connectivity index (χ1v) is 6.89. The van der Waals surface area contributed by atoms with Gasteiger partial charge in [-0.2, -0.15) is 0 Å². The molecular formula is C16H21N. The Balaban J connectivity index is 1.95. The second kappa shape index (κ2) is 4.66. The molecule has 0 amide bonds. The summed E-state index contributed by atoms with van der Waals surface area (Å²) in [6.07, 6.45) is 6.72. The van der Waals surface area contributed by atoms with Crippen molar-refractivity contribution >= 4 is 5.57 Å². The number of likely N-dealkylation sites (N-methyl/N-ethyl adjacent to an activating group) is 1. The maximum Gasteiger partial charge on any atom is 0.0351 e. The normalized spacial score (nSPS) is 31.4. The molecule has 17 heavy (non-hydrogen) atoms. The summed E-state index contributed by atoms with van der Waals surface area (Å²) in [6, 6.07) is 11.5. The highest BCUT2D eigenvalue weighted by atomic mass is 14.9. The summed E-state index contributed by atoms with van der Waals surface area (Å²) in [5.74, 6) is 1.70. The maximum atomic E-state index is 3.69. The van der Waals surface area contributed by atoms with Gasteiger partial charge in [-0.15, -0.1) is 0 Å². The number of rotatable bonds is 3. The minimum absolute atomic E-state index is 0.584. The largest absolute Gasteiger partial charge is 0.310 e. The van der Waals surface area contributed by atoms with Crippen molar-refractivity contribution in [1.82, 2.24) is 5.32 Å². The van der Waals surface area contributed by atoms with Crippen LogP contribution in [0.1, 0.15) is 31.7 Å². The molecule has 0 saturated heterocycles. The Morgan fingerprint density at radius 3 is 2.76 bits per heavy atom. The average molecular weight is 227 g/mol. The molecule has 1 saturated carbocycles. The third-order valence-electron chi connectivity index (χ3n) is 4.27. The second-order valence-corrected chi connectivity index (χ2v) is 5.36. The lowest BCUT2D eigenvalue weighted by molar-refractivity contribution is 0.411. The van der Waals surface area contributed by atoms with E-state index in [1.165, 1.54) is 24.8 Å². The van der Waals surface area contributed by atoms with Crippen LogP contribution in [-0.4, -0.2) is 12.6 Å². The standard InChI is InChI=1S/C16H21N/c1-2-17-16-14-9-8-12(10-14)11-15(16)13-6-4-3-5-7-13/h3-7,11-12,14,16-17H,2,8-10H2,1H3/t12?,14?,16-/m0/s1. The van der Waals surface area contributed by atoms with Crippen molar-refractivity contribution < 1.29 is 0 Å². The fourth-order valence-corrected chi connectivity index (χ4v) is 3.52. The molecule has 1 aromatic carbocycles. The Morgan fingerprint density at radius 2 is 2.00 bits per heavy atom. The van der Waals surface area contributed by atoms with Crippen LogP contribution in [0.4, 0.5) is 0 Å². The van der Waals surface area contributed by atoms with Crippen LogP contribution in [0.25, 0.3) is 5.57 Å². The van der Waals surface area contributed by atoms with E-state index in [0.29, 0.717) is 6.04 Å². The highest BCUT2D eigenvalue weighted by Crippen LogP contribution is 2.44. The molecule has 3 atom stereocenters. The Morgan fingerprint density at radius 1 is 1.18 bits per heavy atom. The molecule has 0 aromatic heterocycles. The van der Waals surface area contributed by atoms with Gasteiger partial charge in [0.1, 0.15) is 0 Å². The molecule has 2 unspecified atom stereocenters. The Hall–Kier alpha value is -1.08. The Kier molecular flexibility index (Phi) is 3.02. The SMILES string of the molecule is CCN[C@@H]1C(c2ccccc2)=CC2CCC1C2. The predicted molar refractivity (Wildman–Crippen MR) is 72.7 cm³/mol. The van der Waals surface area contributed by atoms with Crippen LogP contribution in [0, 0.1) is 11.8 Å². The molecule has 90 valence electrons. The minimum Gasteiger partial charge on any atom is -0.310 e. The van der Waals surface area contributed by atoms with Gasteiger partial charge >= 0.3 is 0 Å². The minimum atomic E-state index is 0.584. The predicted octanol–water partition coefficient (Wildman–Crippen LogP) is 3.48. The van der Waals surface area contributed by atoms with E-state index in [2.05, 4.69) is 48.6 Å². The van der Waals surface area contributed by atoms with Crippen LogP contribution >= 0.6 is 0 Å². The Labute approximate surface area is 104 Å². The fourth-order valence-electron chi connectivity index (χ4n) is 3.52. The summed E-state index contributed by atoms with van der Waals surface area (Å²) in [5.41, 5.74) is 2.96. The van der Waals surface area contributed by atoms with E-state index in [1.807, 2.05) is 0 Å². The summed E-state index contributed by atoms with van der Waals surface area (Å²) in [4.78, 5) is 0. The van der Waals surface area contributed by atoms with Crippen molar-refractivity contribution in [3.8, 4) is 0 Å². The highest BCUT2D eigenvalue weighted by Gasteiger charge is 2.36. The molecule has 1 N–H and O–H groups in total. The van der Waals surface area contributed by atoms with Gasteiger partial charge in [0, 0.05) is 6.04 Å². The molecule has 1 heteroatoms. The number of benzene rings is 1. The Bertz CT molecular complexity index is 407. The molecule has 2 bridgehead atoms. The molecule has 0 aliphatic heterocycles. The topological polar surface area (TPSA) is 12.0 Å². The maximum absolute atomic E-state index is 3.69. The molecule has 0 spiro atoms. The van der Waals surface area contributed by atoms with Gasteiger partial charge in [-0.25, -0.2) is 0 Å². The lowest BCUT2D eigenvalue weighted by atomic mass is 9.81. The van der Waals surface area contributed by atoms with Gasteiger partial charge < -0.3 is 5.32 Å².